The first-order valence-electron chi connectivity index (χ1n) is 5.55. The molecule has 0 atom stereocenters. The van der Waals surface area contributed by atoms with E-state index in [1.54, 1.807) is 24.3 Å². The summed E-state index contributed by atoms with van der Waals surface area (Å²) >= 11 is 0. The number of hydrogen-bond donors (Lipinski definition) is 1. The van der Waals surface area contributed by atoms with Crippen molar-refractivity contribution in [1.29, 1.82) is 0 Å². The molecule has 0 saturated carbocycles. The van der Waals surface area contributed by atoms with E-state index in [-0.39, 0.29) is 11.7 Å². The molecule has 0 bridgehead atoms. The van der Waals surface area contributed by atoms with Crippen LogP contribution in [0.5, 0.6) is 0 Å². The number of para-hydroxylation sites is 1. The number of hydrogen-bond acceptors (Lipinski definition) is 3. The Labute approximate surface area is 103 Å². The second-order valence-electron chi connectivity index (χ2n) is 4.17. The minimum absolute atomic E-state index is 0.127. The van der Waals surface area contributed by atoms with Gasteiger partial charge in [-0.3, -0.25) is 4.79 Å². The van der Waals surface area contributed by atoms with Crippen LogP contribution < -0.4 is 10.3 Å². The number of carboxylic acid groups (broad SMARTS) is 1. The van der Waals surface area contributed by atoms with Gasteiger partial charge < -0.3 is 9.94 Å². The van der Waals surface area contributed by atoms with Crippen molar-refractivity contribution in [3.63, 3.8) is 0 Å². The van der Waals surface area contributed by atoms with Crippen LogP contribution in [0.25, 0.3) is 10.9 Å². The van der Waals surface area contributed by atoms with Gasteiger partial charge >= 0.3 is 5.97 Å². The molecule has 1 heterocycles. The first kappa shape index (κ1) is 12.2. The smallest absolute Gasteiger partial charge is 0.341 e. The van der Waals surface area contributed by atoms with Crippen molar-refractivity contribution in [2.75, 3.05) is 0 Å². The topological polar surface area (TPSA) is 68.5 Å². The van der Waals surface area contributed by atoms with E-state index in [0.29, 0.717) is 10.9 Å². The lowest BCUT2D eigenvalue weighted by molar-refractivity contribution is 0.0618. The Morgan fingerprint density at radius 1 is 1.33 bits per heavy atom. The maximum Gasteiger partial charge on any atom is 0.341 e. The number of aromatic nitrogens is 1. The van der Waals surface area contributed by atoms with Gasteiger partial charge in [-0.1, -0.05) is 12.1 Å². The summed E-state index contributed by atoms with van der Waals surface area (Å²) in [6, 6.07) is 6.76. The number of fused-ring (bicyclic) bond motifs is 1. The summed E-state index contributed by atoms with van der Waals surface area (Å²) in [6.07, 6.45) is 1.09. The van der Waals surface area contributed by atoms with Crippen LogP contribution in [-0.4, -0.2) is 21.9 Å². The summed E-state index contributed by atoms with van der Waals surface area (Å²) in [4.78, 5) is 28.5. The number of carboxylic acids is 1. The number of rotatable bonds is 3. The third kappa shape index (κ3) is 2.07. The molecular weight excluding hydrogens is 234 g/mol. The van der Waals surface area contributed by atoms with Crippen molar-refractivity contribution in [3.05, 3.63) is 46.2 Å². The maximum absolute atomic E-state index is 12.0. The van der Waals surface area contributed by atoms with Crippen molar-refractivity contribution < 1.29 is 14.7 Å². The summed E-state index contributed by atoms with van der Waals surface area (Å²) in [5.74, 6) is -1.26. The number of nitrogens with zero attached hydrogens (tertiary/aromatic N) is 1. The van der Waals surface area contributed by atoms with Gasteiger partial charge in [0.05, 0.1) is 11.7 Å². The largest absolute Gasteiger partial charge is 0.477 e. The summed E-state index contributed by atoms with van der Waals surface area (Å²) < 4.78 is 1.34. The van der Waals surface area contributed by atoms with Gasteiger partial charge in [0.15, 0.2) is 0 Å². The lowest BCUT2D eigenvalue weighted by atomic mass is 10.1. The number of benzene rings is 1. The van der Waals surface area contributed by atoms with Crippen molar-refractivity contribution in [3.8, 4) is 0 Å². The van der Waals surface area contributed by atoms with E-state index in [9.17, 15) is 9.59 Å². The molecule has 0 fully saturated rings. The molecule has 2 rings (SSSR count). The minimum Gasteiger partial charge on any atom is -0.477 e. The molecule has 1 N–H and O–H groups in total. The molecule has 0 aliphatic carbocycles. The lowest BCUT2D eigenvalue weighted by Gasteiger charge is -2.15. The van der Waals surface area contributed by atoms with Gasteiger partial charge in [0.1, 0.15) is 11.7 Å². The van der Waals surface area contributed by atoms with Crippen LogP contribution in [0.3, 0.4) is 0 Å². The van der Waals surface area contributed by atoms with Crippen LogP contribution in [0.2, 0.25) is 0 Å². The van der Waals surface area contributed by atoms with E-state index in [1.807, 2.05) is 13.8 Å². The zero-order valence-electron chi connectivity index (χ0n) is 10.1. The molecule has 0 spiro atoms. The Kier molecular flexibility index (Phi) is 3.06. The molecule has 0 saturated heterocycles. The highest BCUT2D eigenvalue weighted by Gasteiger charge is 2.15. The molecule has 5 heteroatoms. The molecule has 1 aromatic heterocycles. The number of carbonyl (C=O) groups is 1. The van der Waals surface area contributed by atoms with Gasteiger partial charge in [0.2, 0.25) is 5.43 Å². The normalized spacial score (nSPS) is 10.8. The zero-order chi connectivity index (χ0) is 13.3. The van der Waals surface area contributed by atoms with Crippen molar-refractivity contribution in [2.24, 2.45) is 0 Å². The fourth-order valence-corrected chi connectivity index (χ4v) is 1.72. The molecule has 94 valence electrons. The highest BCUT2D eigenvalue weighted by atomic mass is 16.7. The Morgan fingerprint density at radius 3 is 2.61 bits per heavy atom. The molecule has 0 aliphatic heterocycles. The zero-order valence-corrected chi connectivity index (χ0v) is 10.1. The van der Waals surface area contributed by atoms with E-state index in [4.69, 9.17) is 9.94 Å². The van der Waals surface area contributed by atoms with E-state index >= 15 is 0 Å². The van der Waals surface area contributed by atoms with Crippen LogP contribution in [-0.2, 0) is 0 Å². The molecule has 0 aliphatic rings. The van der Waals surface area contributed by atoms with Crippen LogP contribution in [0, 0.1) is 0 Å². The third-order valence-corrected chi connectivity index (χ3v) is 2.43. The average Bonchev–Trinajstić information content (AvgIpc) is 2.32. The Bertz CT molecular complexity index is 658. The fraction of sp³-hybridized carbons (Fsp3) is 0.231. The van der Waals surface area contributed by atoms with Crippen molar-refractivity contribution >= 4 is 16.9 Å². The predicted molar refractivity (Wildman–Crippen MR) is 66.9 cm³/mol. The van der Waals surface area contributed by atoms with E-state index in [0.717, 1.165) is 0 Å². The molecular formula is C13H13NO4. The molecule has 1 aromatic carbocycles. The fourth-order valence-electron chi connectivity index (χ4n) is 1.72. The summed E-state index contributed by atoms with van der Waals surface area (Å²) in [6.45, 7) is 3.65. The molecule has 18 heavy (non-hydrogen) atoms. The van der Waals surface area contributed by atoms with Gasteiger partial charge in [0, 0.05) is 5.39 Å². The number of aromatic carboxylic acids is 1. The van der Waals surface area contributed by atoms with E-state index in [1.165, 1.54) is 10.9 Å². The second kappa shape index (κ2) is 4.52. The van der Waals surface area contributed by atoms with Crippen molar-refractivity contribution in [2.45, 2.75) is 20.0 Å². The SMILES string of the molecule is CC(C)On1cc(C(=O)O)c(=O)c2ccccc21. The number of pyridine rings is 1. The third-order valence-electron chi connectivity index (χ3n) is 2.43. The maximum atomic E-state index is 12.0. The highest BCUT2D eigenvalue weighted by Crippen LogP contribution is 2.11. The standard InChI is InChI=1S/C13H13NO4/c1-8(2)18-14-7-10(13(16)17)12(15)9-5-3-4-6-11(9)14/h3-8H,1-2H3,(H,16,17). The molecule has 5 nitrogen and oxygen atoms in total. The van der Waals surface area contributed by atoms with Crippen LogP contribution in [0.15, 0.2) is 35.3 Å². The van der Waals surface area contributed by atoms with Gasteiger partial charge in [-0.25, -0.2) is 4.79 Å². The predicted octanol–water partition coefficient (Wildman–Crippen LogP) is 1.54. The van der Waals surface area contributed by atoms with Gasteiger partial charge in [-0.05, 0) is 26.0 Å². The Balaban J connectivity index is 2.80. The summed E-state index contributed by atoms with van der Waals surface area (Å²) in [5, 5.41) is 9.35. The van der Waals surface area contributed by atoms with Crippen molar-refractivity contribution in [1.82, 2.24) is 4.73 Å². The molecule has 0 amide bonds. The first-order valence-corrected chi connectivity index (χ1v) is 5.55. The van der Waals surface area contributed by atoms with Crippen LogP contribution in [0.1, 0.15) is 24.2 Å². The van der Waals surface area contributed by atoms with Crippen LogP contribution in [0.4, 0.5) is 0 Å². The second-order valence-corrected chi connectivity index (χ2v) is 4.17. The molecule has 2 aromatic rings. The van der Waals surface area contributed by atoms with Gasteiger partial charge in [-0.2, -0.15) is 4.73 Å². The minimum atomic E-state index is -1.26. The molecule has 0 radical (unpaired) electrons. The quantitative estimate of drug-likeness (QED) is 0.893. The van der Waals surface area contributed by atoms with E-state index < -0.39 is 11.4 Å². The monoisotopic (exact) mass is 247 g/mol. The highest BCUT2D eigenvalue weighted by molar-refractivity contribution is 5.92. The van der Waals surface area contributed by atoms with Gasteiger partial charge in [0.25, 0.3) is 0 Å². The summed E-state index contributed by atoms with van der Waals surface area (Å²) in [7, 11) is 0. The Morgan fingerprint density at radius 2 is 2.00 bits per heavy atom. The summed E-state index contributed by atoms with van der Waals surface area (Å²) in [5.41, 5.74) is -0.239. The lowest BCUT2D eigenvalue weighted by Crippen LogP contribution is -2.25. The molecule has 0 unspecified atom stereocenters. The first-order chi connectivity index (χ1) is 8.50. The van der Waals surface area contributed by atoms with E-state index in [2.05, 4.69) is 0 Å². The van der Waals surface area contributed by atoms with Gasteiger partial charge in [-0.15, -0.1) is 0 Å². The van der Waals surface area contributed by atoms with Crippen LogP contribution >= 0.6 is 0 Å². The average molecular weight is 247 g/mol. The Hall–Kier alpha value is -2.30.